The molecule has 1 aliphatic heterocycles. The zero-order valence-electron chi connectivity index (χ0n) is 7.04. The highest BCUT2D eigenvalue weighted by Gasteiger charge is 2.15. The van der Waals surface area contributed by atoms with E-state index < -0.39 is 10.0 Å². The molecule has 1 heterocycles. The topological polar surface area (TPSA) is 58.2 Å². The molecule has 0 aromatic carbocycles. The van der Waals surface area contributed by atoms with Gasteiger partial charge in [0.2, 0.25) is 10.0 Å². The van der Waals surface area contributed by atoms with E-state index in [4.69, 9.17) is 0 Å². The van der Waals surface area contributed by atoms with Crippen LogP contribution in [0.2, 0.25) is 0 Å². The van der Waals surface area contributed by atoms with Crippen molar-refractivity contribution >= 4 is 22.4 Å². The Morgan fingerprint density at radius 2 is 2.17 bits per heavy atom. The molecular formula is C6H15ClN2O2S. The summed E-state index contributed by atoms with van der Waals surface area (Å²) in [5.41, 5.74) is 0. The van der Waals surface area contributed by atoms with Crippen molar-refractivity contribution in [3.05, 3.63) is 0 Å². The minimum absolute atomic E-state index is 0. The summed E-state index contributed by atoms with van der Waals surface area (Å²) >= 11 is 0. The molecule has 0 amide bonds. The van der Waals surface area contributed by atoms with Gasteiger partial charge in [0.15, 0.2) is 0 Å². The largest absolute Gasteiger partial charge is 0.315 e. The van der Waals surface area contributed by atoms with Crippen molar-refractivity contribution < 1.29 is 8.42 Å². The highest BCUT2D eigenvalue weighted by atomic mass is 35.5. The van der Waals surface area contributed by atoms with Crippen molar-refractivity contribution in [2.75, 3.05) is 19.3 Å². The van der Waals surface area contributed by atoms with Gasteiger partial charge in [0.05, 0.1) is 6.26 Å². The molecule has 0 saturated carbocycles. The predicted octanol–water partition coefficient (Wildman–Crippen LogP) is -0.291. The predicted molar refractivity (Wildman–Crippen MR) is 51.1 cm³/mol. The van der Waals surface area contributed by atoms with Gasteiger partial charge in [-0.25, -0.2) is 13.1 Å². The first kappa shape index (κ1) is 12.2. The fourth-order valence-electron chi connectivity index (χ4n) is 1.26. The van der Waals surface area contributed by atoms with Gasteiger partial charge in [-0.3, -0.25) is 0 Å². The van der Waals surface area contributed by atoms with Gasteiger partial charge in [-0.2, -0.15) is 0 Å². The average Bonchev–Trinajstić information content (AvgIpc) is 1.85. The van der Waals surface area contributed by atoms with E-state index in [9.17, 15) is 8.42 Å². The van der Waals surface area contributed by atoms with E-state index in [1.54, 1.807) is 0 Å². The molecule has 0 bridgehead atoms. The second kappa shape index (κ2) is 5.01. The summed E-state index contributed by atoms with van der Waals surface area (Å²) in [5, 5.41) is 3.13. The fourth-order valence-corrected chi connectivity index (χ4v) is 2.06. The maximum atomic E-state index is 10.8. The molecule has 6 heteroatoms. The summed E-state index contributed by atoms with van der Waals surface area (Å²) in [6, 6.07) is 0.0961. The monoisotopic (exact) mass is 214 g/mol. The Morgan fingerprint density at radius 3 is 2.58 bits per heavy atom. The normalized spacial score (nSPS) is 24.6. The van der Waals surface area contributed by atoms with Crippen LogP contribution < -0.4 is 10.0 Å². The Balaban J connectivity index is 0.00000121. The molecule has 0 aliphatic carbocycles. The van der Waals surface area contributed by atoms with Crippen LogP contribution in [0.4, 0.5) is 0 Å². The van der Waals surface area contributed by atoms with Crippen molar-refractivity contribution in [2.24, 2.45) is 0 Å². The van der Waals surface area contributed by atoms with Crippen LogP contribution in [-0.2, 0) is 10.0 Å². The number of halogens is 1. The number of rotatable bonds is 2. The Hall–Kier alpha value is 0.160. The molecule has 2 N–H and O–H groups in total. The van der Waals surface area contributed by atoms with Crippen LogP contribution in [0.1, 0.15) is 12.8 Å². The van der Waals surface area contributed by atoms with Crippen molar-refractivity contribution in [3.63, 3.8) is 0 Å². The van der Waals surface area contributed by atoms with Gasteiger partial charge in [0.25, 0.3) is 0 Å². The van der Waals surface area contributed by atoms with Gasteiger partial charge in [0.1, 0.15) is 0 Å². The minimum Gasteiger partial charge on any atom is -0.315 e. The van der Waals surface area contributed by atoms with Gasteiger partial charge >= 0.3 is 0 Å². The fraction of sp³-hybridized carbons (Fsp3) is 1.00. The van der Waals surface area contributed by atoms with E-state index in [1.807, 2.05) is 0 Å². The molecular weight excluding hydrogens is 200 g/mol. The van der Waals surface area contributed by atoms with Crippen molar-refractivity contribution in [2.45, 2.75) is 18.9 Å². The van der Waals surface area contributed by atoms with E-state index in [0.29, 0.717) is 0 Å². The van der Waals surface area contributed by atoms with E-state index in [0.717, 1.165) is 25.9 Å². The van der Waals surface area contributed by atoms with E-state index in [-0.39, 0.29) is 18.4 Å². The van der Waals surface area contributed by atoms with E-state index in [1.165, 1.54) is 6.26 Å². The first-order valence-corrected chi connectivity index (χ1v) is 5.65. The van der Waals surface area contributed by atoms with Crippen molar-refractivity contribution in [1.82, 2.24) is 10.0 Å². The molecule has 0 aromatic heterocycles. The van der Waals surface area contributed by atoms with Crippen LogP contribution in [0, 0.1) is 0 Å². The molecule has 1 fully saturated rings. The van der Waals surface area contributed by atoms with Crippen LogP contribution in [-0.4, -0.2) is 33.8 Å². The lowest BCUT2D eigenvalue weighted by Crippen LogP contribution is -2.45. The molecule has 74 valence electrons. The van der Waals surface area contributed by atoms with Crippen LogP contribution in [0.3, 0.4) is 0 Å². The summed E-state index contributed by atoms with van der Waals surface area (Å²) in [4.78, 5) is 0. The second-order valence-electron chi connectivity index (χ2n) is 2.93. The van der Waals surface area contributed by atoms with E-state index in [2.05, 4.69) is 10.0 Å². The molecule has 0 spiro atoms. The number of hydrogen-bond donors (Lipinski definition) is 2. The van der Waals surface area contributed by atoms with E-state index >= 15 is 0 Å². The first-order chi connectivity index (χ1) is 5.08. The van der Waals surface area contributed by atoms with Crippen molar-refractivity contribution in [3.8, 4) is 0 Å². The van der Waals surface area contributed by atoms with Gasteiger partial charge in [-0.05, 0) is 19.4 Å². The molecule has 12 heavy (non-hydrogen) atoms. The summed E-state index contributed by atoms with van der Waals surface area (Å²) in [5.74, 6) is 0. The lowest BCUT2D eigenvalue weighted by Gasteiger charge is -2.22. The molecule has 1 saturated heterocycles. The summed E-state index contributed by atoms with van der Waals surface area (Å²) < 4.78 is 24.1. The van der Waals surface area contributed by atoms with Crippen molar-refractivity contribution in [1.29, 1.82) is 0 Å². The highest BCUT2D eigenvalue weighted by molar-refractivity contribution is 7.88. The van der Waals surface area contributed by atoms with Gasteiger partial charge < -0.3 is 5.32 Å². The maximum Gasteiger partial charge on any atom is 0.208 e. The zero-order chi connectivity index (χ0) is 8.32. The molecule has 0 radical (unpaired) electrons. The van der Waals surface area contributed by atoms with Crippen LogP contribution in [0.25, 0.3) is 0 Å². The van der Waals surface area contributed by atoms with Gasteiger partial charge in [-0.1, -0.05) is 0 Å². The molecule has 4 nitrogen and oxygen atoms in total. The Kier molecular flexibility index (Phi) is 5.08. The lowest BCUT2D eigenvalue weighted by atomic mass is 10.1. The zero-order valence-corrected chi connectivity index (χ0v) is 8.67. The SMILES string of the molecule is CS(=O)(=O)N[C@H]1CCCNC1.Cl. The van der Waals surface area contributed by atoms with Crippen LogP contribution in [0.15, 0.2) is 0 Å². The second-order valence-corrected chi connectivity index (χ2v) is 4.71. The summed E-state index contributed by atoms with van der Waals surface area (Å²) in [7, 11) is -3.01. The molecule has 1 aliphatic rings. The Labute approximate surface area is 79.6 Å². The minimum atomic E-state index is -3.01. The average molecular weight is 215 g/mol. The van der Waals surface area contributed by atoms with Gasteiger partial charge in [-0.15, -0.1) is 12.4 Å². The lowest BCUT2D eigenvalue weighted by molar-refractivity contribution is 0.430. The standard InChI is InChI=1S/C6H14N2O2S.ClH/c1-11(9,10)8-6-3-2-4-7-5-6;/h6-8H,2-5H2,1H3;1H/t6-;/m0./s1. The smallest absolute Gasteiger partial charge is 0.208 e. The molecule has 0 aromatic rings. The molecule has 0 unspecified atom stereocenters. The van der Waals surface area contributed by atoms with Gasteiger partial charge in [0, 0.05) is 12.6 Å². The number of nitrogens with one attached hydrogen (secondary N) is 2. The van der Waals surface area contributed by atoms with Crippen LogP contribution >= 0.6 is 12.4 Å². The maximum absolute atomic E-state index is 10.8. The Bertz CT molecular complexity index is 212. The third-order valence-corrected chi connectivity index (χ3v) is 2.44. The third kappa shape index (κ3) is 4.92. The number of hydrogen-bond acceptors (Lipinski definition) is 3. The third-order valence-electron chi connectivity index (χ3n) is 1.68. The molecule has 1 rings (SSSR count). The quantitative estimate of drug-likeness (QED) is 0.664. The number of piperidine rings is 1. The summed E-state index contributed by atoms with van der Waals surface area (Å²) in [6.45, 7) is 1.76. The van der Waals surface area contributed by atoms with Crippen LogP contribution in [0.5, 0.6) is 0 Å². The molecule has 1 atom stereocenters. The Morgan fingerprint density at radius 1 is 1.50 bits per heavy atom. The number of sulfonamides is 1. The summed E-state index contributed by atoms with van der Waals surface area (Å²) in [6.07, 6.45) is 3.19. The highest BCUT2D eigenvalue weighted by Crippen LogP contribution is 2.01. The first-order valence-electron chi connectivity index (χ1n) is 3.76.